The second-order valence-electron chi connectivity index (χ2n) is 2.91. The highest BCUT2D eigenvalue weighted by Crippen LogP contribution is 2.11. The largest absolute Gasteiger partial charge is 0.254 e. The standard InChI is InChI=1S/C11H11N3S/c1-2-5-10(6-3-1)7-4-8-15-11-12-9-13-14-11/h1-7,9H,8H2,(H,12,13,14)/b7-4+. The molecule has 0 fully saturated rings. The Morgan fingerprint density at radius 2 is 2.13 bits per heavy atom. The van der Waals surface area contributed by atoms with Crippen molar-refractivity contribution >= 4 is 17.8 Å². The van der Waals surface area contributed by atoms with Crippen LogP contribution in [0.15, 0.2) is 47.9 Å². The lowest BCUT2D eigenvalue weighted by atomic mass is 10.2. The Kier molecular flexibility index (Phi) is 3.57. The molecule has 0 aliphatic heterocycles. The predicted molar refractivity (Wildman–Crippen MR) is 62.6 cm³/mol. The highest BCUT2D eigenvalue weighted by Gasteiger charge is 1.92. The number of hydrogen-bond donors (Lipinski definition) is 1. The maximum atomic E-state index is 4.02. The average molecular weight is 217 g/mol. The van der Waals surface area contributed by atoms with E-state index in [4.69, 9.17) is 0 Å². The first-order valence-corrected chi connectivity index (χ1v) is 5.63. The van der Waals surface area contributed by atoms with E-state index in [2.05, 4.69) is 39.5 Å². The zero-order valence-electron chi connectivity index (χ0n) is 8.13. The maximum absolute atomic E-state index is 4.02. The van der Waals surface area contributed by atoms with Crippen molar-refractivity contribution in [3.05, 3.63) is 48.3 Å². The molecule has 2 rings (SSSR count). The summed E-state index contributed by atoms with van der Waals surface area (Å²) >= 11 is 1.63. The minimum absolute atomic E-state index is 0.854. The van der Waals surface area contributed by atoms with Crippen molar-refractivity contribution < 1.29 is 0 Å². The van der Waals surface area contributed by atoms with Gasteiger partial charge in [0.2, 0.25) is 0 Å². The van der Waals surface area contributed by atoms with Crippen LogP contribution in [0.3, 0.4) is 0 Å². The lowest BCUT2D eigenvalue weighted by Gasteiger charge is -1.91. The third kappa shape index (κ3) is 3.25. The molecule has 1 aromatic carbocycles. The first-order chi connectivity index (χ1) is 7.45. The number of aromatic amines is 1. The van der Waals surface area contributed by atoms with Crippen LogP contribution in [0.5, 0.6) is 0 Å². The van der Waals surface area contributed by atoms with E-state index >= 15 is 0 Å². The molecule has 0 unspecified atom stereocenters. The van der Waals surface area contributed by atoms with Crippen molar-refractivity contribution in [2.45, 2.75) is 5.16 Å². The molecular formula is C11H11N3S. The number of nitrogens with one attached hydrogen (secondary N) is 1. The minimum atomic E-state index is 0.854. The minimum Gasteiger partial charge on any atom is -0.254 e. The Hall–Kier alpha value is -1.55. The highest BCUT2D eigenvalue weighted by molar-refractivity contribution is 7.99. The fourth-order valence-corrected chi connectivity index (χ4v) is 1.73. The van der Waals surface area contributed by atoms with E-state index in [1.807, 2.05) is 18.2 Å². The van der Waals surface area contributed by atoms with Crippen LogP contribution >= 0.6 is 11.8 Å². The smallest absolute Gasteiger partial charge is 0.183 e. The second kappa shape index (κ2) is 5.36. The third-order valence-electron chi connectivity index (χ3n) is 1.82. The molecular weight excluding hydrogens is 206 g/mol. The molecule has 0 amide bonds. The Bertz CT molecular complexity index is 409. The molecule has 76 valence electrons. The molecule has 0 saturated carbocycles. The summed E-state index contributed by atoms with van der Waals surface area (Å²) in [6.45, 7) is 0. The Morgan fingerprint density at radius 3 is 2.87 bits per heavy atom. The summed E-state index contributed by atoms with van der Waals surface area (Å²) in [4.78, 5) is 4.02. The zero-order chi connectivity index (χ0) is 10.3. The van der Waals surface area contributed by atoms with Crippen LogP contribution in [0.1, 0.15) is 5.56 Å². The van der Waals surface area contributed by atoms with Crippen molar-refractivity contribution in [3.63, 3.8) is 0 Å². The SMILES string of the molecule is C(=C\c1ccccc1)/CSc1ncn[nH]1. The van der Waals surface area contributed by atoms with E-state index in [0.29, 0.717) is 0 Å². The summed E-state index contributed by atoms with van der Waals surface area (Å²) < 4.78 is 0. The van der Waals surface area contributed by atoms with Gasteiger partial charge in [0.25, 0.3) is 0 Å². The van der Waals surface area contributed by atoms with E-state index in [1.54, 1.807) is 11.8 Å². The van der Waals surface area contributed by atoms with Crippen molar-refractivity contribution in [2.24, 2.45) is 0 Å². The van der Waals surface area contributed by atoms with Gasteiger partial charge in [0.1, 0.15) is 6.33 Å². The number of H-pyrrole nitrogens is 1. The first kappa shape index (κ1) is 9.98. The van der Waals surface area contributed by atoms with Gasteiger partial charge < -0.3 is 0 Å². The van der Waals surface area contributed by atoms with Gasteiger partial charge in [0, 0.05) is 5.75 Å². The molecule has 1 aromatic heterocycles. The van der Waals surface area contributed by atoms with Gasteiger partial charge in [0.15, 0.2) is 5.16 Å². The van der Waals surface area contributed by atoms with Crippen LogP contribution in [-0.2, 0) is 0 Å². The van der Waals surface area contributed by atoms with E-state index in [0.717, 1.165) is 10.9 Å². The number of nitrogens with zero attached hydrogens (tertiary/aromatic N) is 2. The van der Waals surface area contributed by atoms with Crippen molar-refractivity contribution in [3.8, 4) is 0 Å². The summed E-state index contributed by atoms with van der Waals surface area (Å²) in [7, 11) is 0. The number of aromatic nitrogens is 3. The topological polar surface area (TPSA) is 41.6 Å². The van der Waals surface area contributed by atoms with Gasteiger partial charge in [-0.05, 0) is 5.56 Å². The molecule has 0 aliphatic carbocycles. The molecule has 2 aromatic rings. The number of hydrogen-bond acceptors (Lipinski definition) is 3. The van der Waals surface area contributed by atoms with Crippen LogP contribution in [0.4, 0.5) is 0 Å². The van der Waals surface area contributed by atoms with Crippen LogP contribution in [-0.4, -0.2) is 20.9 Å². The first-order valence-electron chi connectivity index (χ1n) is 4.65. The van der Waals surface area contributed by atoms with Gasteiger partial charge in [-0.2, -0.15) is 5.10 Å². The fourth-order valence-electron chi connectivity index (χ4n) is 1.14. The molecule has 3 nitrogen and oxygen atoms in total. The van der Waals surface area contributed by atoms with Crippen molar-refractivity contribution in [1.29, 1.82) is 0 Å². The second-order valence-corrected chi connectivity index (χ2v) is 3.92. The molecule has 4 heteroatoms. The highest BCUT2D eigenvalue weighted by atomic mass is 32.2. The van der Waals surface area contributed by atoms with Gasteiger partial charge in [-0.1, -0.05) is 54.2 Å². The van der Waals surface area contributed by atoms with Gasteiger partial charge >= 0.3 is 0 Å². The Labute approximate surface area is 92.6 Å². The van der Waals surface area contributed by atoms with Gasteiger partial charge in [-0.3, -0.25) is 5.10 Å². The number of thioether (sulfide) groups is 1. The lowest BCUT2D eigenvalue weighted by Crippen LogP contribution is -1.77. The summed E-state index contributed by atoms with van der Waals surface area (Å²) in [6, 6.07) is 10.2. The summed E-state index contributed by atoms with van der Waals surface area (Å²) in [5.74, 6) is 0.893. The number of rotatable bonds is 4. The van der Waals surface area contributed by atoms with Crippen molar-refractivity contribution in [1.82, 2.24) is 15.2 Å². The van der Waals surface area contributed by atoms with Gasteiger partial charge in [-0.15, -0.1) is 0 Å². The summed E-state index contributed by atoms with van der Waals surface area (Å²) in [5, 5.41) is 7.44. The van der Waals surface area contributed by atoms with E-state index in [1.165, 1.54) is 11.9 Å². The van der Waals surface area contributed by atoms with E-state index in [9.17, 15) is 0 Å². The van der Waals surface area contributed by atoms with Gasteiger partial charge in [-0.25, -0.2) is 4.98 Å². The fraction of sp³-hybridized carbons (Fsp3) is 0.0909. The van der Waals surface area contributed by atoms with E-state index < -0.39 is 0 Å². The number of benzene rings is 1. The normalized spacial score (nSPS) is 10.9. The van der Waals surface area contributed by atoms with Crippen LogP contribution < -0.4 is 0 Å². The molecule has 1 heterocycles. The predicted octanol–water partition coefficient (Wildman–Crippen LogP) is 2.61. The lowest BCUT2D eigenvalue weighted by molar-refractivity contribution is 0.975. The zero-order valence-corrected chi connectivity index (χ0v) is 8.95. The monoisotopic (exact) mass is 217 g/mol. The molecule has 15 heavy (non-hydrogen) atoms. The Morgan fingerprint density at radius 1 is 1.27 bits per heavy atom. The van der Waals surface area contributed by atoms with Crippen LogP contribution in [0, 0.1) is 0 Å². The van der Waals surface area contributed by atoms with Gasteiger partial charge in [0.05, 0.1) is 0 Å². The molecule has 1 N–H and O–H groups in total. The average Bonchev–Trinajstić information content (AvgIpc) is 2.79. The molecule has 0 radical (unpaired) electrons. The maximum Gasteiger partial charge on any atom is 0.183 e. The van der Waals surface area contributed by atoms with Crippen molar-refractivity contribution in [2.75, 3.05) is 5.75 Å². The summed E-state index contributed by atoms with van der Waals surface area (Å²) in [6.07, 6.45) is 5.73. The van der Waals surface area contributed by atoms with Crippen LogP contribution in [0.25, 0.3) is 6.08 Å². The molecule has 0 saturated heterocycles. The molecule has 0 bridgehead atoms. The Balaban J connectivity index is 1.81. The summed E-state index contributed by atoms with van der Waals surface area (Å²) in [5.41, 5.74) is 1.22. The van der Waals surface area contributed by atoms with Crippen LogP contribution in [0.2, 0.25) is 0 Å². The third-order valence-corrected chi connectivity index (χ3v) is 2.65. The molecule has 0 atom stereocenters. The molecule has 0 spiro atoms. The quantitative estimate of drug-likeness (QED) is 0.800. The van der Waals surface area contributed by atoms with E-state index in [-0.39, 0.29) is 0 Å². The molecule has 0 aliphatic rings.